The fourth-order valence-corrected chi connectivity index (χ4v) is 3.57. The molecular formula is C18H18ClF2N2O3P. The second-order valence-electron chi connectivity index (χ2n) is 6.05. The molecule has 1 unspecified atom stereocenters. The van der Waals surface area contributed by atoms with Gasteiger partial charge in [-0.2, -0.15) is 8.78 Å². The number of benzene rings is 1. The minimum Gasteiger partial charge on any atom is -0.485 e. The SMILES string of the molecule is CCOC(=O)/C=C1/OCc2cc(Cl)ccc2N2C1=NCC(C)=C2C(F)(F)P. The van der Waals surface area contributed by atoms with Gasteiger partial charge in [-0.1, -0.05) is 20.8 Å². The van der Waals surface area contributed by atoms with Crippen LogP contribution in [0.3, 0.4) is 0 Å². The summed E-state index contributed by atoms with van der Waals surface area (Å²) in [5.74, 6) is -0.434. The maximum atomic E-state index is 14.5. The quantitative estimate of drug-likeness (QED) is 0.421. The van der Waals surface area contributed by atoms with Crippen molar-refractivity contribution in [1.82, 2.24) is 0 Å². The smallest absolute Gasteiger partial charge is 0.334 e. The molecule has 1 aromatic rings. The van der Waals surface area contributed by atoms with Crippen LogP contribution < -0.4 is 4.90 Å². The number of nitrogens with zero attached hydrogens (tertiary/aromatic N) is 2. The summed E-state index contributed by atoms with van der Waals surface area (Å²) >= 11 is 6.06. The van der Waals surface area contributed by atoms with E-state index in [1.54, 1.807) is 41.3 Å². The standard InChI is InChI=1S/C18H18ClF2N2O3P/c1-3-25-15(24)7-14-17-22-8-10(2)16(18(20,21)27)23(17)13-5-4-12(19)6-11(13)9-26-14/h4-7H,3,8-9,27H2,1-2H3/b14-7+. The van der Waals surface area contributed by atoms with Crippen LogP contribution in [-0.2, 0) is 20.9 Å². The summed E-state index contributed by atoms with van der Waals surface area (Å²) in [6.07, 6.45) is 1.13. The third-order valence-electron chi connectivity index (χ3n) is 4.04. The van der Waals surface area contributed by atoms with E-state index < -0.39 is 11.6 Å². The lowest BCUT2D eigenvalue weighted by Gasteiger charge is -2.35. The number of alkyl halides is 2. The van der Waals surface area contributed by atoms with Gasteiger partial charge in [0.25, 0.3) is 5.66 Å². The number of hydrogen-bond donors (Lipinski definition) is 0. The number of rotatable bonds is 3. The van der Waals surface area contributed by atoms with Gasteiger partial charge in [-0.05, 0) is 37.6 Å². The van der Waals surface area contributed by atoms with Gasteiger partial charge in [0.15, 0.2) is 11.6 Å². The Hall–Kier alpha value is -1.98. The van der Waals surface area contributed by atoms with Crippen LogP contribution in [0.1, 0.15) is 19.4 Å². The zero-order valence-electron chi connectivity index (χ0n) is 14.8. The summed E-state index contributed by atoms with van der Waals surface area (Å²) < 4.78 is 39.6. The molecule has 9 heteroatoms. The first-order chi connectivity index (χ1) is 12.7. The van der Waals surface area contributed by atoms with Crippen molar-refractivity contribution in [1.29, 1.82) is 0 Å². The molecule has 27 heavy (non-hydrogen) atoms. The number of esters is 1. The molecule has 0 spiro atoms. The molecule has 2 aliphatic heterocycles. The summed E-state index contributed by atoms with van der Waals surface area (Å²) in [6, 6.07) is 4.89. The van der Waals surface area contributed by atoms with Crippen molar-refractivity contribution in [2.75, 3.05) is 18.1 Å². The van der Waals surface area contributed by atoms with Gasteiger partial charge in [-0.3, -0.25) is 9.89 Å². The number of allylic oxidation sites excluding steroid dienone is 1. The van der Waals surface area contributed by atoms with Crippen molar-refractivity contribution in [2.45, 2.75) is 26.1 Å². The Morgan fingerprint density at radius 1 is 1.52 bits per heavy atom. The summed E-state index contributed by atoms with van der Waals surface area (Å²) in [7, 11) is 1.56. The van der Waals surface area contributed by atoms with Crippen LogP contribution in [0.25, 0.3) is 0 Å². The van der Waals surface area contributed by atoms with Crippen molar-refractivity contribution in [3.05, 3.63) is 51.9 Å². The number of hydrogen-bond acceptors (Lipinski definition) is 5. The number of anilines is 1. The molecule has 0 radical (unpaired) electrons. The van der Waals surface area contributed by atoms with Crippen LogP contribution >= 0.6 is 20.8 Å². The molecule has 0 aromatic heterocycles. The average molecular weight is 415 g/mol. The lowest BCUT2D eigenvalue weighted by Crippen LogP contribution is -2.41. The molecule has 1 aromatic carbocycles. The van der Waals surface area contributed by atoms with Crippen molar-refractivity contribution in [3.63, 3.8) is 0 Å². The van der Waals surface area contributed by atoms with Gasteiger partial charge in [0.2, 0.25) is 0 Å². The lowest BCUT2D eigenvalue weighted by atomic mass is 10.1. The molecule has 2 heterocycles. The van der Waals surface area contributed by atoms with Gasteiger partial charge in [0.1, 0.15) is 6.61 Å². The molecule has 144 valence electrons. The average Bonchev–Trinajstić information content (AvgIpc) is 2.71. The Morgan fingerprint density at radius 3 is 2.93 bits per heavy atom. The second kappa shape index (κ2) is 7.56. The van der Waals surface area contributed by atoms with Crippen molar-refractivity contribution in [2.24, 2.45) is 4.99 Å². The van der Waals surface area contributed by atoms with Crippen LogP contribution in [0.4, 0.5) is 14.5 Å². The van der Waals surface area contributed by atoms with E-state index in [1.807, 2.05) is 0 Å². The highest BCUT2D eigenvalue weighted by atomic mass is 35.5. The van der Waals surface area contributed by atoms with Gasteiger partial charge in [0, 0.05) is 10.6 Å². The fraction of sp³-hybridized carbons (Fsp3) is 0.333. The van der Waals surface area contributed by atoms with Gasteiger partial charge in [-0.25, -0.2) is 4.79 Å². The van der Waals surface area contributed by atoms with E-state index in [4.69, 9.17) is 21.1 Å². The summed E-state index contributed by atoms with van der Waals surface area (Å²) in [5.41, 5.74) is -1.94. The molecule has 0 fully saturated rings. The van der Waals surface area contributed by atoms with Crippen LogP contribution in [0.5, 0.6) is 0 Å². The zero-order chi connectivity index (χ0) is 19.8. The number of carbonyl (C=O) groups is 1. The number of carbonyl (C=O) groups excluding carboxylic acids is 1. The minimum absolute atomic E-state index is 0.0470. The topological polar surface area (TPSA) is 51.1 Å². The largest absolute Gasteiger partial charge is 0.485 e. The van der Waals surface area contributed by atoms with Gasteiger partial charge in [-0.15, -0.1) is 0 Å². The predicted octanol–water partition coefficient (Wildman–Crippen LogP) is 4.28. The summed E-state index contributed by atoms with van der Waals surface area (Å²) in [5, 5.41) is 0.450. The monoisotopic (exact) mass is 414 g/mol. The Bertz CT molecular complexity index is 878. The van der Waals surface area contributed by atoms with Crippen LogP contribution in [0, 0.1) is 0 Å². The van der Waals surface area contributed by atoms with Gasteiger partial charge < -0.3 is 9.47 Å². The first kappa shape index (κ1) is 19.8. The molecule has 0 N–H and O–H groups in total. The van der Waals surface area contributed by atoms with Crippen LogP contribution in [-0.4, -0.2) is 30.6 Å². The lowest BCUT2D eigenvalue weighted by molar-refractivity contribution is -0.137. The van der Waals surface area contributed by atoms with Crippen LogP contribution in [0.15, 0.2) is 46.3 Å². The van der Waals surface area contributed by atoms with E-state index in [9.17, 15) is 13.6 Å². The maximum absolute atomic E-state index is 14.5. The zero-order valence-corrected chi connectivity index (χ0v) is 16.7. The molecule has 0 amide bonds. The van der Waals surface area contributed by atoms with E-state index >= 15 is 0 Å². The first-order valence-corrected chi connectivity index (χ1v) is 9.19. The number of ether oxygens (including phenoxy) is 2. The first-order valence-electron chi connectivity index (χ1n) is 8.24. The van der Waals surface area contributed by atoms with Crippen LogP contribution in [0.2, 0.25) is 5.02 Å². The number of amidine groups is 1. The predicted molar refractivity (Wildman–Crippen MR) is 103 cm³/mol. The number of halogens is 3. The van der Waals surface area contributed by atoms with Crippen molar-refractivity contribution in [3.8, 4) is 0 Å². The van der Waals surface area contributed by atoms with Crippen molar-refractivity contribution < 1.29 is 23.0 Å². The minimum atomic E-state index is -3.21. The van der Waals surface area contributed by atoms with E-state index in [0.717, 1.165) is 6.08 Å². The van der Waals surface area contributed by atoms with Crippen molar-refractivity contribution >= 4 is 38.3 Å². The Labute approximate surface area is 162 Å². The molecule has 0 saturated heterocycles. The highest BCUT2D eigenvalue weighted by Gasteiger charge is 2.42. The van der Waals surface area contributed by atoms with E-state index in [2.05, 4.69) is 4.99 Å². The molecule has 0 saturated carbocycles. The molecular weight excluding hydrogens is 397 g/mol. The third kappa shape index (κ3) is 3.99. The Balaban J connectivity index is 2.20. The highest BCUT2D eigenvalue weighted by Crippen LogP contribution is 2.43. The maximum Gasteiger partial charge on any atom is 0.334 e. The molecule has 1 atom stereocenters. The molecule has 0 bridgehead atoms. The van der Waals surface area contributed by atoms with E-state index in [1.165, 1.54) is 4.90 Å². The molecule has 5 nitrogen and oxygen atoms in total. The normalized spacial score (nSPS) is 18.4. The summed E-state index contributed by atoms with van der Waals surface area (Å²) in [6.45, 7) is 3.57. The summed E-state index contributed by atoms with van der Waals surface area (Å²) in [4.78, 5) is 17.6. The Morgan fingerprint density at radius 2 is 2.26 bits per heavy atom. The Kier molecular flexibility index (Phi) is 5.54. The van der Waals surface area contributed by atoms with Gasteiger partial charge in [0.05, 0.1) is 30.6 Å². The third-order valence-corrected chi connectivity index (χ3v) is 4.55. The van der Waals surface area contributed by atoms with E-state index in [0.29, 0.717) is 21.8 Å². The fourth-order valence-electron chi connectivity index (χ4n) is 3.00. The molecule has 0 aliphatic carbocycles. The van der Waals surface area contributed by atoms with Gasteiger partial charge >= 0.3 is 5.97 Å². The number of fused-ring (bicyclic) bond motifs is 3. The highest BCUT2D eigenvalue weighted by molar-refractivity contribution is 7.18. The van der Waals surface area contributed by atoms with E-state index in [-0.39, 0.29) is 37.1 Å². The molecule has 3 rings (SSSR count). The molecule has 2 aliphatic rings. The second-order valence-corrected chi connectivity index (χ2v) is 7.21. The number of aliphatic imine (C=N–C) groups is 1.